The zero-order valence-electron chi connectivity index (χ0n) is 9.56. The SMILES string of the molecule is N#CC1(O)CCN(Cc2ccc(F)cc2)CC1. The van der Waals surface area contributed by atoms with E-state index in [9.17, 15) is 9.50 Å². The number of piperidine rings is 1. The van der Waals surface area contributed by atoms with Gasteiger partial charge in [0.2, 0.25) is 0 Å². The van der Waals surface area contributed by atoms with Crippen molar-refractivity contribution in [3.8, 4) is 6.07 Å². The van der Waals surface area contributed by atoms with Crippen LogP contribution >= 0.6 is 0 Å². The van der Waals surface area contributed by atoms with Gasteiger partial charge in [-0.2, -0.15) is 5.26 Å². The zero-order chi connectivity index (χ0) is 12.3. The molecule has 0 radical (unpaired) electrons. The van der Waals surface area contributed by atoms with Crippen molar-refractivity contribution in [3.63, 3.8) is 0 Å². The predicted octanol–water partition coefficient (Wildman–Crippen LogP) is 1.68. The molecule has 1 aliphatic heterocycles. The lowest BCUT2D eigenvalue weighted by Gasteiger charge is -2.33. The molecule has 17 heavy (non-hydrogen) atoms. The van der Waals surface area contributed by atoms with Crippen LogP contribution in [0.2, 0.25) is 0 Å². The van der Waals surface area contributed by atoms with E-state index in [0.29, 0.717) is 25.9 Å². The molecule has 2 rings (SSSR count). The lowest BCUT2D eigenvalue weighted by atomic mass is 9.93. The molecular weight excluding hydrogens is 219 g/mol. The van der Waals surface area contributed by atoms with Crippen LogP contribution in [0.15, 0.2) is 24.3 Å². The van der Waals surface area contributed by atoms with Crippen LogP contribution in [0.3, 0.4) is 0 Å². The van der Waals surface area contributed by atoms with Gasteiger partial charge in [-0.3, -0.25) is 4.90 Å². The van der Waals surface area contributed by atoms with Crippen LogP contribution in [-0.4, -0.2) is 28.7 Å². The molecule has 1 aliphatic rings. The van der Waals surface area contributed by atoms with Crippen LogP contribution in [0.25, 0.3) is 0 Å². The molecule has 1 aromatic carbocycles. The first-order valence-corrected chi connectivity index (χ1v) is 5.72. The second-order valence-corrected chi connectivity index (χ2v) is 4.55. The van der Waals surface area contributed by atoms with Crippen molar-refractivity contribution in [2.24, 2.45) is 0 Å². The van der Waals surface area contributed by atoms with Gasteiger partial charge < -0.3 is 5.11 Å². The second kappa shape index (κ2) is 4.82. The van der Waals surface area contributed by atoms with Gasteiger partial charge in [0.15, 0.2) is 5.60 Å². The number of rotatable bonds is 2. The topological polar surface area (TPSA) is 47.3 Å². The van der Waals surface area contributed by atoms with E-state index in [-0.39, 0.29) is 5.82 Å². The molecule has 0 spiro atoms. The van der Waals surface area contributed by atoms with Crippen molar-refractivity contribution in [1.29, 1.82) is 5.26 Å². The summed E-state index contributed by atoms with van der Waals surface area (Å²) in [6, 6.07) is 8.38. The van der Waals surface area contributed by atoms with Crippen molar-refractivity contribution in [1.82, 2.24) is 4.90 Å². The Kier molecular flexibility index (Phi) is 3.41. The van der Waals surface area contributed by atoms with Crippen molar-refractivity contribution < 1.29 is 9.50 Å². The normalized spacial score (nSPS) is 19.8. The quantitative estimate of drug-likeness (QED) is 0.792. The second-order valence-electron chi connectivity index (χ2n) is 4.55. The first-order valence-electron chi connectivity index (χ1n) is 5.72. The Hall–Kier alpha value is -1.44. The summed E-state index contributed by atoms with van der Waals surface area (Å²) in [7, 11) is 0. The van der Waals surface area contributed by atoms with Crippen molar-refractivity contribution in [3.05, 3.63) is 35.6 Å². The molecule has 0 amide bonds. The van der Waals surface area contributed by atoms with E-state index in [0.717, 1.165) is 12.1 Å². The lowest BCUT2D eigenvalue weighted by molar-refractivity contribution is 0.0230. The Morgan fingerprint density at radius 1 is 1.29 bits per heavy atom. The zero-order valence-corrected chi connectivity index (χ0v) is 9.56. The van der Waals surface area contributed by atoms with Gasteiger partial charge in [0, 0.05) is 32.5 Å². The molecule has 0 aromatic heterocycles. The number of nitrogens with zero attached hydrogens (tertiary/aromatic N) is 2. The van der Waals surface area contributed by atoms with Gasteiger partial charge in [-0.05, 0) is 17.7 Å². The molecule has 0 atom stereocenters. The average molecular weight is 234 g/mol. The number of likely N-dealkylation sites (tertiary alicyclic amines) is 1. The van der Waals surface area contributed by atoms with Crippen LogP contribution in [0.5, 0.6) is 0 Å². The van der Waals surface area contributed by atoms with E-state index >= 15 is 0 Å². The smallest absolute Gasteiger partial charge is 0.153 e. The minimum atomic E-state index is -1.15. The number of halogens is 1. The van der Waals surface area contributed by atoms with Crippen LogP contribution in [0.4, 0.5) is 4.39 Å². The van der Waals surface area contributed by atoms with E-state index in [1.54, 1.807) is 12.1 Å². The summed E-state index contributed by atoms with van der Waals surface area (Å²) in [5, 5.41) is 18.6. The predicted molar refractivity (Wildman–Crippen MR) is 61.5 cm³/mol. The van der Waals surface area contributed by atoms with Crippen molar-refractivity contribution in [2.45, 2.75) is 25.0 Å². The maximum absolute atomic E-state index is 12.7. The standard InChI is InChI=1S/C13H15FN2O/c14-12-3-1-11(2-4-12)9-16-7-5-13(17,10-15)6-8-16/h1-4,17H,5-9H2. The van der Waals surface area contributed by atoms with Crippen molar-refractivity contribution in [2.75, 3.05) is 13.1 Å². The first-order chi connectivity index (χ1) is 8.11. The molecule has 0 aliphatic carbocycles. The molecule has 1 saturated heterocycles. The monoisotopic (exact) mass is 234 g/mol. The molecule has 1 N–H and O–H groups in total. The number of hydrogen-bond acceptors (Lipinski definition) is 3. The highest BCUT2D eigenvalue weighted by atomic mass is 19.1. The molecule has 3 nitrogen and oxygen atoms in total. The van der Waals surface area contributed by atoms with Crippen molar-refractivity contribution >= 4 is 0 Å². The molecule has 0 unspecified atom stereocenters. The Labute approximate surface area is 100 Å². The molecule has 0 bridgehead atoms. The maximum Gasteiger partial charge on any atom is 0.153 e. The Bertz CT molecular complexity index is 416. The van der Waals surface area contributed by atoms with Gasteiger partial charge in [0.05, 0.1) is 6.07 Å². The fraction of sp³-hybridized carbons (Fsp3) is 0.462. The Morgan fingerprint density at radius 2 is 1.88 bits per heavy atom. The number of hydrogen-bond donors (Lipinski definition) is 1. The van der Waals surface area contributed by atoms with Gasteiger partial charge in [0.25, 0.3) is 0 Å². The molecule has 1 fully saturated rings. The number of benzene rings is 1. The molecule has 4 heteroatoms. The van der Waals surface area contributed by atoms with Crippen LogP contribution in [-0.2, 0) is 6.54 Å². The Morgan fingerprint density at radius 3 is 2.41 bits per heavy atom. The van der Waals surface area contributed by atoms with Gasteiger partial charge in [-0.25, -0.2) is 4.39 Å². The number of nitriles is 1. The number of aliphatic hydroxyl groups is 1. The lowest BCUT2D eigenvalue weighted by Crippen LogP contribution is -2.43. The molecular formula is C13H15FN2O. The third-order valence-electron chi connectivity index (χ3n) is 3.21. The third kappa shape index (κ3) is 3.02. The van der Waals surface area contributed by atoms with Crippen LogP contribution in [0, 0.1) is 17.1 Å². The van der Waals surface area contributed by atoms with Gasteiger partial charge in [-0.1, -0.05) is 12.1 Å². The first kappa shape index (κ1) is 12.0. The molecule has 1 heterocycles. The summed E-state index contributed by atoms with van der Waals surface area (Å²) in [6.45, 7) is 2.13. The van der Waals surface area contributed by atoms with E-state index in [2.05, 4.69) is 4.90 Å². The highest BCUT2D eigenvalue weighted by Gasteiger charge is 2.31. The third-order valence-corrected chi connectivity index (χ3v) is 3.21. The summed E-state index contributed by atoms with van der Waals surface area (Å²) in [5.41, 5.74) is -0.104. The van der Waals surface area contributed by atoms with Gasteiger partial charge in [-0.15, -0.1) is 0 Å². The van der Waals surface area contributed by atoms with E-state index < -0.39 is 5.60 Å². The molecule has 90 valence electrons. The van der Waals surface area contributed by atoms with E-state index in [1.165, 1.54) is 12.1 Å². The summed E-state index contributed by atoms with van der Waals surface area (Å²) >= 11 is 0. The fourth-order valence-corrected chi connectivity index (χ4v) is 2.04. The van der Waals surface area contributed by atoms with E-state index in [1.807, 2.05) is 6.07 Å². The highest BCUT2D eigenvalue weighted by Crippen LogP contribution is 2.22. The summed E-state index contributed by atoms with van der Waals surface area (Å²) in [4.78, 5) is 2.17. The Balaban J connectivity index is 1.90. The van der Waals surface area contributed by atoms with Gasteiger partial charge >= 0.3 is 0 Å². The minimum absolute atomic E-state index is 0.230. The van der Waals surface area contributed by atoms with Crippen LogP contribution < -0.4 is 0 Å². The summed E-state index contributed by atoms with van der Waals surface area (Å²) in [5.74, 6) is -0.230. The molecule has 0 saturated carbocycles. The maximum atomic E-state index is 12.7. The summed E-state index contributed by atoms with van der Waals surface area (Å²) < 4.78 is 12.7. The highest BCUT2D eigenvalue weighted by molar-refractivity contribution is 5.16. The largest absolute Gasteiger partial charge is 0.375 e. The fourth-order valence-electron chi connectivity index (χ4n) is 2.04. The summed E-state index contributed by atoms with van der Waals surface area (Å²) in [6.07, 6.45) is 0.954. The molecule has 1 aromatic rings. The minimum Gasteiger partial charge on any atom is -0.375 e. The van der Waals surface area contributed by atoms with Gasteiger partial charge in [0.1, 0.15) is 5.82 Å². The van der Waals surface area contributed by atoms with E-state index in [4.69, 9.17) is 5.26 Å². The van der Waals surface area contributed by atoms with Crippen LogP contribution in [0.1, 0.15) is 18.4 Å². The average Bonchev–Trinajstić information content (AvgIpc) is 2.35.